The number of hydrogen-bond acceptors (Lipinski definition) is 2. The van der Waals surface area contributed by atoms with E-state index in [9.17, 15) is 14.3 Å². The van der Waals surface area contributed by atoms with E-state index in [4.69, 9.17) is 5.11 Å². The maximum atomic E-state index is 13.7. The molecule has 0 aliphatic rings. The predicted octanol–water partition coefficient (Wildman–Crippen LogP) is 3.20. The van der Waals surface area contributed by atoms with Gasteiger partial charge < -0.3 is 10.2 Å². The second kappa shape index (κ2) is 4.49. The number of aromatic carboxylic acids is 1. The molecule has 2 N–H and O–H groups in total. The average Bonchev–Trinajstić information content (AvgIpc) is 2.27. The van der Waals surface area contributed by atoms with Crippen molar-refractivity contribution >= 4 is 5.97 Å². The summed E-state index contributed by atoms with van der Waals surface area (Å²) >= 11 is 0. The molecule has 0 radical (unpaired) electrons. The summed E-state index contributed by atoms with van der Waals surface area (Å²) < 4.78 is 13.7. The first-order chi connectivity index (χ1) is 8.47. The largest absolute Gasteiger partial charge is 0.508 e. The molecule has 92 valence electrons. The van der Waals surface area contributed by atoms with Gasteiger partial charge in [0.1, 0.15) is 11.6 Å². The van der Waals surface area contributed by atoms with Gasteiger partial charge in [0.05, 0.1) is 5.56 Å². The molecule has 0 aromatic heterocycles. The molecular formula is C14H11FO3. The van der Waals surface area contributed by atoms with Crippen LogP contribution in [0.3, 0.4) is 0 Å². The Morgan fingerprint density at radius 3 is 2.50 bits per heavy atom. The molecule has 18 heavy (non-hydrogen) atoms. The molecule has 0 amide bonds. The highest BCUT2D eigenvalue weighted by Crippen LogP contribution is 2.28. The minimum Gasteiger partial charge on any atom is -0.508 e. The number of aryl methyl sites for hydroxylation is 1. The van der Waals surface area contributed by atoms with Crippen molar-refractivity contribution in [1.82, 2.24) is 0 Å². The Balaban J connectivity index is 2.62. The van der Waals surface area contributed by atoms with Gasteiger partial charge in [-0.2, -0.15) is 0 Å². The van der Waals surface area contributed by atoms with Gasteiger partial charge in [-0.1, -0.05) is 6.07 Å². The zero-order valence-corrected chi connectivity index (χ0v) is 9.64. The molecule has 2 aromatic carbocycles. The van der Waals surface area contributed by atoms with E-state index in [1.807, 2.05) is 0 Å². The van der Waals surface area contributed by atoms with E-state index in [0.717, 1.165) is 11.6 Å². The van der Waals surface area contributed by atoms with E-state index in [-0.39, 0.29) is 16.9 Å². The summed E-state index contributed by atoms with van der Waals surface area (Å²) in [7, 11) is 0. The van der Waals surface area contributed by atoms with E-state index in [1.165, 1.54) is 18.2 Å². The van der Waals surface area contributed by atoms with Crippen molar-refractivity contribution in [1.29, 1.82) is 0 Å². The molecule has 0 bridgehead atoms. The smallest absolute Gasteiger partial charge is 0.335 e. The number of phenolic OH excluding ortho intramolecular Hbond substituents is 1. The first kappa shape index (κ1) is 12.1. The highest BCUT2D eigenvalue weighted by atomic mass is 19.1. The minimum absolute atomic E-state index is 0.00685. The number of aromatic hydroxyl groups is 1. The van der Waals surface area contributed by atoms with Gasteiger partial charge in [0.2, 0.25) is 0 Å². The first-order valence-corrected chi connectivity index (χ1v) is 5.31. The molecule has 2 rings (SSSR count). The normalized spacial score (nSPS) is 10.3. The molecule has 4 heteroatoms. The van der Waals surface area contributed by atoms with Crippen molar-refractivity contribution in [2.45, 2.75) is 6.92 Å². The number of benzene rings is 2. The number of halogens is 1. The molecule has 0 saturated heterocycles. The van der Waals surface area contributed by atoms with Crippen LogP contribution in [-0.2, 0) is 0 Å². The van der Waals surface area contributed by atoms with Crippen molar-refractivity contribution in [3.63, 3.8) is 0 Å². The quantitative estimate of drug-likeness (QED) is 0.855. The Morgan fingerprint density at radius 1 is 1.17 bits per heavy atom. The maximum Gasteiger partial charge on any atom is 0.335 e. The lowest BCUT2D eigenvalue weighted by Gasteiger charge is -2.07. The van der Waals surface area contributed by atoms with Crippen LogP contribution in [0.1, 0.15) is 15.9 Å². The Labute approximate surface area is 103 Å². The minimum atomic E-state index is -1.12. The number of phenols is 1. The zero-order valence-electron chi connectivity index (χ0n) is 9.64. The highest BCUT2D eigenvalue weighted by molar-refractivity contribution is 5.89. The van der Waals surface area contributed by atoms with Crippen LogP contribution in [0.5, 0.6) is 5.75 Å². The second-order valence-electron chi connectivity index (χ2n) is 4.06. The Kier molecular flexibility index (Phi) is 3.02. The number of hydrogen-bond donors (Lipinski definition) is 2. The molecule has 0 spiro atoms. The van der Waals surface area contributed by atoms with Crippen LogP contribution < -0.4 is 0 Å². The van der Waals surface area contributed by atoms with E-state index in [2.05, 4.69) is 0 Å². The SMILES string of the molecule is Cc1cc(O)cc(-c2cc(C(=O)O)ccc2F)c1. The molecule has 0 aliphatic heterocycles. The van der Waals surface area contributed by atoms with Crippen molar-refractivity contribution in [3.8, 4) is 16.9 Å². The number of carbonyl (C=O) groups is 1. The van der Waals surface area contributed by atoms with Crippen molar-refractivity contribution < 1.29 is 19.4 Å². The molecule has 0 atom stereocenters. The third-order valence-corrected chi connectivity index (χ3v) is 2.59. The van der Waals surface area contributed by atoms with Gasteiger partial charge in [0, 0.05) is 5.56 Å². The van der Waals surface area contributed by atoms with Gasteiger partial charge in [-0.15, -0.1) is 0 Å². The lowest BCUT2D eigenvalue weighted by atomic mass is 10.0. The van der Waals surface area contributed by atoms with Crippen molar-refractivity contribution in [2.75, 3.05) is 0 Å². The fraction of sp³-hybridized carbons (Fsp3) is 0.0714. The second-order valence-corrected chi connectivity index (χ2v) is 4.06. The summed E-state index contributed by atoms with van der Waals surface area (Å²) in [5.41, 5.74) is 1.39. The lowest BCUT2D eigenvalue weighted by molar-refractivity contribution is 0.0697. The number of carboxylic acids is 1. The summed E-state index contributed by atoms with van der Waals surface area (Å²) in [6, 6.07) is 8.20. The van der Waals surface area contributed by atoms with Gasteiger partial charge in [0.25, 0.3) is 0 Å². The molecule has 0 unspecified atom stereocenters. The molecule has 3 nitrogen and oxygen atoms in total. The third-order valence-electron chi connectivity index (χ3n) is 2.59. The van der Waals surface area contributed by atoms with Gasteiger partial charge in [-0.3, -0.25) is 0 Å². The zero-order chi connectivity index (χ0) is 13.3. The first-order valence-electron chi connectivity index (χ1n) is 5.31. The van der Waals surface area contributed by atoms with Crippen LogP contribution in [-0.4, -0.2) is 16.2 Å². The van der Waals surface area contributed by atoms with Crippen LogP contribution in [0.2, 0.25) is 0 Å². The highest BCUT2D eigenvalue weighted by Gasteiger charge is 2.11. The van der Waals surface area contributed by atoms with Crippen LogP contribution in [0, 0.1) is 12.7 Å². The van der Waals surface area contributed by atoms with Crippen LogP contribution in [0.25, 0.3) is 11.1 Å². The van der Waals surface area contributed by atoms with Crippen molar-refractivity contribution in [3.05, 3.63) is 53.3 Å². The summed E-state index contributed by atoms with van der Waals surface area (Å²) in [5, 5.41) is 18.4. The van der Waals surface area contributed by atoms with Crippen molar-refractivity contribution in [2.24, 2.45) is 0 Å². The predicted molar refractivity (Wildman–Crippen MR) is 65.2 cm³/mol. The van der Waals surface area contributed by atoms with Gasteiger partial charge in [0.15, 0.2) is 0 Å². The fourth-order valence-electron chi connectivity index (χ4n) is 1.80. The molecular weight excluding hydrogens is 235 g/mol. The Hall–Kier alpha value is -2.36. The number of rotatable bonds is 2. The molecule has 0 heterocycles. The molecule has 0 fully saturated rings. The van der Waals surface area contributed by atoms with Gasteiger partial charge >= 0.3 is 5.97 Å². The maximum absolute atomic E-state index is 13.7. The van der Waals surface area contributed by atoms with Crippen LogP contribution >= 0.6 is 0 Å². The Bertz CT molecular complexity index is 600. The molecule has 0 saturated carbocycles. The van der Waals surface area contributed by atoms with Gasteiger partial charge in [-0.05, 0) is 48.4 Å². The van der Waals surface area contributed by atoms with Crippen LogP contribution in [0.4, 0.5) is 4.39 Å². The molecule has 0 aliphatic carbocycles. The van der Waals surface area contributed by atoms with E-state index in [0.29, 0.717) is 5.56 Å². The average molecular weight is 246 g/mol. The lowest BCUT2D eigenvalue weighted by Crippen LogP contribution is -1.97. The summed E-state index contributed by atoms with van der Waals surface area (Å²) in [4.78, 5) is 10.9. The van der Waals surface area contributed by atoms with E-state index < -0.39 is 11.8 Å². The van der Waals surface area contributed by atoms with Crippen LogP contribution in [0.15, 0.2) is 36.4 Å². The summed E-state index contributed by atoms with van der Waals surface area (Å²) in [6.45, 7) is 1.77. The fourth-order valence-corrected chi connectivity index (χ4v) is 1.80. The third kappa shape index (κ3) is 2.32. The number of carboxylic acid groups (broad SMARTS) is 1. The standard InChI is InChI=1S/C14H11FO3/c1-8-4-10(6-11(16)5-8)12-7-9(14(17)18)2-3-13(12)15/h2-7,16H,1H3,(H,17,18). The topological polar surface area (TPSA) is 57.5 Å². The Morgan fingerprint density at radius 2 is 1.89 bits per heavy atom. The van der Waals surface area contributed by atoms with E-state index >= 15 is 0 Å². The summed E-state index contributed by atoms with van der Waals surface area (Å²) in [5.74, 6) is -1.62. The molecule has 2 aromatic rings. The summed E-state index contributed by atoms with van der Waals surface area (Å²) in [6.07, 6.45) is 0. The monoisotopic (exact) mass is 246 g/mol. The van der Waals surface area contributed by atoms with E-state index in [1.54, 1.807) is 19.1 Å². The van der Waals surface area contributed by atoms with Gasteiger partial charge in [-0.25, -0.2) is 9.18 Å².